The average molecular weight is 815 g/mol. The Hall–Kier alpha value is -8.46. The van der Waals surface area contributed by atoms with Gasteiger partial charge < -0.3 is 9.47 Å². The van der Waals surface area contributed by atoms with Crippen molar-refractivity contribution < 1.29 is 0 Å². The van der Waals surface area contributed by atoms with Crippen molar-refractivity contribution in [2.75, 3.05) is 4.90 Å². The summed E-state index contributed by atoms with van der Waals surface area (Å²) in [6.45, 7) is 0. The van der Waals surface area contributed by atoms with Gasteiger partial charge in [-0.3, -0.25) is 0 Å². The molecule has 2 nitrogen and oxygen atoms in total. The molecule has 1 heterocycles. The molecule has 0 fully saturated rings. The molecule has 300 valence electrons. The highest BCUT2D eigenvalue weighted by Crippen LogP contribution is 2.46. The van der Waals surface area contributed by atoms with Gasteiger partial charge in [0, 0.05) is 33.4 Å². The molecule has 0 spiro atoms. The zero-order valence-electron chi connectivity index (χ0n) is 35.1. The van der Waals surface area contributed by atoms with Crippen LogP contribution in [0.3, 0.4) is 0 Å². The summed E-state index contributed by atoms with van der Waals surface area (Å²) < 4.78 is 2.38. The van der Waals surface area contributed by atoms with Crippen LogP contribution in [0.2, 0.25) is 0 Å². The molecule has 64 heavy (non-hydrogen) atoms. The molecule has 0 aliphatic carbocycles. The fraction of sp³-hybridized carbons (Fsp3) is 0. The van der Waals surface area contributed by atoms with E-state index in [1.54, 1.807) is 0 Å². The third-order valence-corrected chi connectivity index (χ3v) is 12.8. The lowest BCUT2D eigenvalue weighted by atomic mass is 9.92. The maximum Gasteiger partial charge on any atom is 0.0546 e. The topological polar surface area (TPSA) is 8.17 Å². The molecule has 0 amide bonds. The van der Waals surface area contributed by atoms with E-state index in [9.17, 15) is 0 Å². The number of aromatic nitrogens is 1. The lowest BCUT2D eigenvalue weighted by molar-refractivity contribution is 1.18. The predicted octanol–water partition coefficient (Wildman–Crippen LogP) is 17.2. The Balaban J connectivity index is 1.08. The number of nitrogens with zero attached hydrogens (tertiary/aromatic N) is 2. The smallest absolute Gasteiger partial charge is 0.0546 e. The van der Waals surface area contributed by atoms with Gasteiger partial charge in [0.15, 0.2) is 0 Å². The summed E-state index contributed by atoms with van der Waals surface area (Å²) >= 11 is 0. The second-order valence-corrected chi connectivity index (χ2v) is 16.5. The number of rotatable bonds is 8. The number of benzene rings is 11. The highest BCUT2D eigenvalue weighted by atomic mass is 15.1. The molecule has 0 atom stereocenters. The first-order chi connectivity index (χ1) is 31.7. The molecular weight excluding hydrogens is 773 g/mol. The third kappa shape index (κ3) is 6.52. The largest absolute Gasteiger partial charge is 0.310 e. The van der Waals surface area contributed by atoms with Gasteiger partial charge in [0.1, 0.15) is 0 Å². The number of hydrogen-bond donors (Lipinski definition) is 0. The van der Waals surface area contributed by atoms with Crippen LogP contribution in [0.15, 0.2) is 255 Å². The van der Waals surface area contributed by atoms with E-state index >= 15 is 0 Å². The second-order valence-electron chi connectivity index (χ2n) is 16.5. The Kier molecular flexibility index (Phi) is 9.20. The van der Waals surface area contributed by atoms with Crippen LogP contribution in [0, 0.1) is 0 Å². The van der Waals surface area contributed by atoms with Crippen LogP contribution < -0.4 is 4.90 Å². The fourth-order valence-electron chi connectivity index (χ4n) is 9.72. The zero-order chi connectivity index (χ0) is 42.4. The molecule has 12 rings (SSSR count). The van der Waals surface area contributed by atoms with Crippen LogP contribution in [0.4, 0.5) is 17.1 Å². The molecule has 0 radical (unpaired) electrons. The van der Waals surface area contributed by atoms with Crippen LogP contribution in [-0.4, -0.2) is 4.57 Å². The van der Waals surface area contributed by atoms with Gasteiger partial charge in [0.2, 0.25) is 0 Å². The Morgan fingerprint density at radius 3 is 1.41 bits per heavy atom. The Bertz CT molecular complexity index is 3590. The Labute approximate surface area is 373 Å². The Morgan fingerprint density at radius 2 is 0.734 bits per heavy atom. The van der Waals surface area contributed by atoms with Crippen molar-refractivity contribution >= 4 is 60.4 Å². The molecule has 1 aromatic heterocycles. The zero-order valence-corrected chi connectivity index (χ0v) is 35.1. The summed E-state index contributed by atoms with van der Waals surface area (Å²) in [5, 5.41) is 7.44. The van der Waals surface area contributed by atoms with Crippen molar-refractivity contribution in [3.05, 3.63) is 255 Å². The normalized spacial score (nSPS) is 11.4. The first kappa shape index (κ1) is 37.3. The van der Waals surface area contributed by atoms with E-state index in [0.717, 1.165) is 50.6 Å². The van der Waals surface area contributed by atoms with Crippen molar-refractivity contribution in [1.29, 1.82) is 0 Å². The van der Waals surface area contributed by atoms with Gasteiger partial charge in [-0.25, -0.2) is 0 Å². The van der Waals surface area contributed by atoms with E-state index in [-0.39, 0.29) is 0 Å². The lowest BCUT2D eigenvalue weighted by Gasteiger charge is -2.30. The monoisotopic (exact) mass is 814 g/mol. The summed E-state index contributed by atoms with van der Waals surface area (Å²) in [5.74, 6) is 0. The Morgan fingerprint density at radius 1 is 0.266 bits per heavy atom. The minimum absolute atomic E-state index is 1.08. The van der Waals surface area contributed by atoms with Gasteiger partial charge in [-0.1, -0.05) is 200 Å². The number of hydrogen-bond acceptors (Lipinski definition) is 1. The average Bonchev–Trinajstić information content (AvgIpc) is 3.71. The number of fused-ring (bicyclic) bond motifs is 6. The van der Waals surface area contributed by atoms with Gasteiger partial charge in [-0.05, 0) is 115 Å². The molecule has 0 unspecified atom stereocenters. The molecule has 0 saturated carbocycles. The van der Waals surface area contributed by atoms with E-state index in [2.05, 4.69) is 264 Å². The molecule has 0 saturated heterocycles. The maximum atomic E-state index is 2.47. The summed E-state index contributed by atoms with van der Waals surface area (Å²) in [4.78, 5) is 2.47. The highest BCUT2D eigenvalue weighted by Gasteiger charge is 2.22. The van der Waals surface area contributed by atoms with Gasteiger partial charge >= 0.3 is 0 Å². The van der Waals surface area contributed by atoms with E-state index in [1.807, 2.05) is 0 Å². The molecule has 2 heteroatoms. The van der Waals surface area contributed by atoms with Gasteiger partial charge in [-0.15, -0.1) is 0 Å². The minimum atomic E-state index is 1.08. The van der Waals surface area contributed by atoms with E-state index in [4.69, 9.17) is 0 Å². The van der Waals surface area contributed by atoms with Gasteiger partial charge in [0.05, 0.1) is 16.7 Å². The molecule has 12 aromatic rings. The van der Waals surface area contributed by atoms with Crippen molar-refractivity contribution in [2.24, 2.45) is 0 Å². The minimum Gasteiger partial charge on any atom is -0.310 e. The van der Waals surface area contributed by atoms with Crippen LogP contribution >= 0.6 is 0 Å². The maximum absolute atomic E-state index is 2.47. The fourth-order valence-corrected chi connectivity index (χ4v) is 9.72. The van der Waals surface area contributed by atoms with Crippen LogP contribution in [0.5, 0.6) is 0 Å². The van der Waals surface area contributed by atoms with Crippen molar-refractivity contribution in [3.8, 4) is 50.2 Å². The second kappa shape index (κ2) is 15.8. The summed E-state index contributed by atoms with van der Waals surface area (Å²) in [5.41, 5.74) is 16.2. The molecule has 0 aliphatic rings. The lowest BCUT2D eigenvalue weighted by Crippen LogP contribution is -2.12. The van der Waals surface area contributed by atoms with Crippen LogP contribution in [-0.2, 0) is 0 Å². The molecule has 0 aliphatic heterocycles. The third-order valence-electron chi connectivity index (χ3n) is 12.8. The van der Waals surface area contributed by atoms with Crippen molar-refractivity contribution in [2.45, 2.75) is 0 Å². The molecule has 11 aromatic carbocycles. The van der Waals surface area contributed by atoms with Crippen molar-refractivity contribution in [3.63, 3.8) is 0 Å². The molecule has 0 N–H and O–H groups in total. The van der Waals surface area contributed by atoms with Gasteiger partial charge in [-0.2, -0.15) is 0 Å². The number of anilines is 3. The van der Waals surface area contributed by atoms with Crippen LogP contribution in [0.25, 0.3) is 93.5 Å². The van der Waals surface area contributed by atoms with E-state index < -0.39 is 0 Å². The van der Waals surface area contributed by atoms with Crippen LogP contribution in [0.1, 0.15) is 0 Å². The first-order valence-corrected chi connectivity index (χ1v) is 22.0. The van der Waals surface area contributed by atoms with Crippen molar-refractivity contribution in [1.82, 2.24) is 4.57 Å². The summed E-state index contributed by atoms with van der Waals surface area (Å²) in [6.07, 6.45) is 0. The summed E-state index contributed by atoms with van der Waals surface area (Å²) in [7, 11) is 0. The first-order valence-electron chi connectivity index (χ1n) is 22.0. The molecular formula is C62H42N2. The van der Waals surface area contributed by atoms with Gasteiger partial charge in [0.25, 0.3) is 0 Å². The molecule has 0 bridgehead atoms. The quantitative estimate of drug-likeness (QED) is 0.139. The standard InChI is InChI=1S/C62H42N2/c1-4-16-43(17-5-1)49-33-38-55(44-18-6-2-7-19-44)62(40-49)63(51-36-32-48-29-28-46-22-10-11-23-53(46)59(48)41-51)52-37-39-54(58(42-52)45-20-8-3-9-21-45)47-30-34-50(35-31-47)64-60-26-14-12-24-56(60)57-25-13-15-27-61(57)64/h1-42H. The van der Waals surface area contributed by atoms with E-state index in [0.29, 0.717) is 0 Å². The van der Waals surface area contributed by atoms with E-state index in [1.165, 1.54) is 60.0 Å². The summed E-state index contributed by atoms with van der Waals surface area (Å²) in [6, 6.07) is 92.9. The number of para-hydroxylation sites is 2. The predicted molar refractivity (Wildman–Crippen MR) is 272 cm³/mol. The highest BCUT2D eigenvalue weighted by molar-refractivity contribution is 6.10. The SMILES string of the molecule is c1ccc(-c2ccc(-c3ccccc3)c(N(c3ccc(-c4ccc(-n5c6ccccc6c6ccccc65)cc4)c(-c4ccccc4)c3)c3ccc4ccc5ccccc5c4c3)c2)cc1.